The summed E-state index contributed by atoms with van der Waals surface area (Å²) in [5.74, 6) is 5.31. The summed E-state index contributed by atoms with van der Waals surface area (Å²) in [4.78, 5) is 23.3. The van der Waals surface area contributed by atoms with E-state index >= 15 is 0 Å². The number of aliphatic hydroxyl groups is 2. The van der Waals surface area contributed by atoms with Crippen molar-refractivity contribution in [2.75, 3.05) is 0 Å². The van der Waals surface area contributed by atoms with Gasteiger partial charge in [-0.05, 0) is 37.2 Å². The molecule has 160 valence electrons. The Bertz CT molecular complexity index is 787. The lowest BCUT2D eigenvalue weighted by molar-refractivity contribution is -0.121. The Labute approximate surface area is 179 Å². The van der Waals surface area contributed by atoms with E-state index in [0.717, 1.165) is 31.2 Å². The van der Waals surface area contributed by atoms with Gasteiger partial charge in [-0.3, -0.25) is 9.59 Å². The highest BCUT2D eigenvalue weighted by molar-refractivity contribution is 5.93. The molecule has 1 aromatic carbocycles. The van der Waals surface area contributed by atoms with Gasteiger partial charge in [0.1, 0.15) is 18.0 Å². The molecule has 5 nitrogen and oxygen atoms in total. The van der Waals surface area contributed by atoms with Crippen LogP contribution < -0.4 is 0 Å². The average Bonchev–Trinajstić information content (AvgIpc) is 3.01. The van der Waals surface area contributed by atoms with Crippen molar-refractivity contribution in [2.24, 2.45) is 11.8 Å². The van der Waals surface area contributed by atoms with E-state index in [0.29, 0.717) is 32.1 Å². The molecule has 4 atom stereocenters. The number of aliphatic hydroxyl groups excluding tert-OH is 2. The van der Waals surface area contributed by atoms with Crippen molar-refractivity contribution >= 4 is 11.6 Å². The van der Waals surface area contributed by atoms with E-state index in [-0.39, 0.29) is 29.8 Å². The maximum absolute atomic E-state index is 12.3. The van der Waals surface area contributed by atoms with Crippen LogP contribution in [-0.2, 0) is 16.0 Å². The van der Waals surface area contributed by atoms with Crippen molar-refractivity contribution in [1.82, 2.24) is 0 Å². The molecular weight excluding hydrogens is 378 g/mol. The van der Waals surface area contributed by atoms with Crippen molar-refractivity contribution in [2.45, 2.75) is 76.4 Å². The summed E-state index contributed by atoms with van der Waals surface area (Å²) in [7, 11) is 0. The summed E-state index contributed by atoms with van der Waals surface area (Å²) in [6, 6.07) is 11.5. The molecule has 0 amide bonds. The van der Waals surface area contributed by atoms with Crippen molar-refractivity contribution in [3.05, 3.63) is 35.9 Å². The minimum absolute atomic E-state index is 0.108. The molecule has 1 fully saturated rings. The van der Waals surface area contributed by atoms with Gasteiger partial charge in [-0.1, -0.05) is 61.4 Å². The van der Waals surface area contributed by atoms with Crippen molar-refractivity contribution < 1.29 is 19.8 Å². The number of carbonyl (C=O) groups excluding carboxylic acids is 2. The van der Waals surface area contributed by atoms with Crippen LogP contribution in [0.25, 0.3) is 0 Å². The highest BCUT2D eigenvalue weighted by Crippen LogP contribution is 2.36. The van der Waals surface area contributed by atoms with Crippen LogP contribution in [0.4, 0.5) is 0 Å². The number of hydrogen-bond acceptors (Lipinski definition) is 5. The minimum Gasteiger partial charge on any atom is -0.392 e. The molecule has 1 aliphatic rings. The standard InChI is InChI=1S/C25H31NO4/c26-18-21(28)12-6-1-2-7-14-22-23(25(30)17-24(22)29)16-15-20(27)13-8-11-19-9-4-3-5-10-19/h3-5,9-10,20,22-23,25,27,30H,1-2,6-7,11-12,14-17H2/t20?,22-,23-,25-/m1/s1. The molecule has 2 rings (SSSR count). The summed E-state index contributed by atoms with van der Waals surface area (Å²) in [6.07, 6.45) is 4.76. The Kier molecular flexibility index (Phi) is 10.3. The van der Waals surface area contributed by atoms with E-state index in [2.05, 4.69) is 11.8 Å². The van der Waals surface area contributed by atoms with Crippen LogP contribution in [0, 0.1) is 35.0 Å². The van der Waals surface area contributed by atoms with E-state index in [1.54, 1.807) is 6.07 Å². The zero-order valence-electron chi connectivity index (χ0n) is 17.4. The number of rotatable bonds is 11. The Morgan fingerprint density at radius 3 is 2.60 bits per heavy atom. The molecule has 1 unspecified atom stereocenters. The van der Waals surface area contributed by atoms with Gasteiger partial charge in [0.05, 0.1) is 6.10 Å². The van der Waals surface area contributed by atoms with Crippen LogP contribution in [0.3, 0.4) is 0 Å². The number of benzene rings is 1. The van der Waals surface area contributed by atoms with Gasteiger partial charge in [-0.15, -0.1) is 0 Å². The molecule has 0 spiro atoms. The molecule has 2 N–H and O–H groups in total. The average molecular weight is 410 g/mol. The van der Waals surface area contributed by atoms with E-state index < -0.39 is 12.2 Å². The Morgan fingerprint density at radius 1 is 1.13 bits per heavy atom. The molecule has 1 aliphatic carbocycles. The molecular formula is C25H31NO4. The number of Topliss-reactive ketones (excluding diaryl/α,β-unsaturated/α-hetero) is 2. The van der Waals surface area contributed by atoms with Gasteiger partial charge < -0.3 is 10.2 Å². The minimum atomic E-state index is -0.755. The highest BCUT2D eigenvalue weighted by atomic mass is 16.3. The van der Waals surface area contributed by atoms with Crippen molar-refractivity contribution in [3.8, 4) is 17.9 Å². The first kappa shape index (κ1) is 23.8. The number of nitrogens with zero attached hydrogens (tertiary/aromatic N) is 1. The first-order valence-electron chi connectivity index (χ1n) is 10.9. The third-order valence-corrected chi connectivity index (χ3v) is 5.81. The van der Waals surface area contributed by atoms with Gasteiger partial charge in [0.15, 0.2) is 0 Å². The monoisotopic (exact) mass is 409 g/mol. The van der Waals surface area contributed by atoms with Gasteiger partial charge >= 0.3 is 0 Å². The van der Waals surface area contributed by atoms with Crippen LogP contribution >= 0.6 is 0 Å². The number of carbonyl (C=O) groups is 2. The molecule has 0 bridgehead atoms. The predicted molar refractivity (Wildman–Crippen MR) is 114 cm³/mol. The van der Waals surface area contributed by atoms with E-state index in [1.807, 2.05) is 30.3 Å². The Morgan fingerprint density at radius 2 is 1.87 bits per heavy atom. The van der Waals surface area contributed by atoms with Crippen molar-refractivity contribution in [1.29, 1.82) is 5.26 Å². The summed E-state index contributed by atoms with van der Waals surface area (Å²) in [5, 5.41) is 28.9. The molecule has 0 aromatic heterocycles. The second kappa shape index (κ2) is 13.0. The zero-order valence-corrected chi connectivity index (χ0v) is 17.4. The summed E-state index contributed by atoms with van der Waals surface area (Å²) < 4.78 is 0. The lowest BCUT2D eigenvalue weighted by Crippen LogP contribution is -2.22. The van der Waals surface area contributed by atoms with Gasteiger partial charge in [0.25, 0.3) is 0 Å². The molecule has 1 saturated carbocycles. The smallest absolute Gasteiger partial charge is 0.231 e. The fourth-order valence-corrected chi connectivity index (χ4v) is 4.13. The summed E-state index contributed by atoms with van der Waals surface area (Å²) >= 11 is 0. The van der Waals surface area contributed by atoms with E-state index in [1.165, 1.54) is 0 Å². The third kappa shape index (κ3) is 8.11. The van der Waals surface area contributed by atoms with Gasteiger partial charge in [0, 0.05) is 25.2 Å². The fourth-order valence-electron chi connectivity index (χ4n) is 4.13. The quantitative estimate of drug-likeness (QED) is 0.332. The molecule has 5 heteroatoms. The highest BCUT2D eigenvalue weighted by Gasteiger charge is 2.40. The first-order valence-corrected chi connectivity index (χ1v) is 10.9. The fraction of sp³-hybridized carbons (Fsp3) is 0.560. The second-order valence-corrected chi connectivity index (χ2v) is 8.07. The zero-order chi connectivity index (χ0) is 21.8. The summed E-state index contributed by atoms with van der Waals surface area (Å²) in [6.45, 7) is 0. The first-order chi connectivity index (χ1) is 14.5. The number of hydrogen-bond donors (Lipinski definition) is 2. The number of unbranched alkanes of at least 4 members (excludes halogenated alkanes) is 3. The predicted octanol–water partition coefficient (Wildman–Crippen LogP) is 3.37. The molecule has 0 saturated heterocycles. The largest absolute Gasteiger partial charge is 0.392 e. The number of nitriles is 1. The van der Waals surface area contributed by atoms with Crippen LogP contribution in [-0.4, -0.2) is 34.0 Å². The van der Waals surface area contributed by atoms with Crippen molar-refractivity contribution in [3.63, 3.8) is 0 Å². The molecule has 0 radical (unpaired) electrons. The lowest BCUT2D eigenvalue weighted by atomic mass is 9.85. The SMILES string of the molecule is N#CC(=O)CCCCCC[C@H]1C(=O)C[C@@H](O)[C@@H]1CCC(O)C#CCc1ccccc1. The summed E-state index contributed by atoms with van der Waals surface area (Å²) in [5.41, 5.74) is 1.10. The topological polar surface area (TPSA) is 98.4 Å². The van der Waals surface area contributed by atoms with Crippen LogP contribution in [0.15, 0.2) is 30.3 Å². The van der Waals surface area contributed by atoms with Crippen LogP contribution in [0.2, 0.25) is 0 Å². The van der Waals surface area contributed by atoms with E-state index in [9.17, 15) is 19.8 Å². The van der Waals surface area contributed by atoms with Crippen LogP contribution in [0.5, 0.6) is 0 Å². The van der Waals surface area contributed by atoms with Gasteiger partial charge in [-0.25, -0.2) is 0 Å². The molecule has 0 heterocycles. The molecule has 30 heavy (non-hydrogen) atoms. The van der Waals surface area contributed by atoms with E-state index in [4.69, 9.17) is 5.26 Å². The van der Waals surface area contributed by atoms with Crippen LogP contribution in [0.1, 0.15) is 63.4 Å². The second-order valence-electron chi connectivity index (χ2n) is 8.07. The normalized spacial score (nSPS) is 21.5. The maximum atomic E-state index is 12.3. The van der Waals surface area contributed by atoms with Gasteiger partial charge in [-0.2, -0.15) is 5.26 Å². The maximum Gasteiger partial charge on any atom is 0.231 e. The molecule has 0 aliphatic heterocycles. The Balaban J connectivity index is 1.72. The Hall–Kier alpha value is -2.47. The lowest BCUT2D eigenvalue weighted by Gasteiger charge is -2.21. The van der Waals surface area contributed by atoms with Gasteiger partial charge in [0.2, 0.25) is 5.78 Å². The molecule has 1 aromatic rings. The number of ketones is 2. The third-order valence-electron chi connectivity index (χ3n) is 5.81.